The Labute approximate surface area is 185 Å². The van der Waals surface area contributed by atoms with E-state index in [-0.39, 0.29) is 6.10 Å². The minimum Gasteiger partial charge on any atom is -0.491 e. The van der Waals surface area contributed by atoms with Crippen LogP contribution in [0.5, 0.6) is 5.75 Å². The summed E-state index contributed by atoms with van der Waals surface area (Å²) in [5.74, 6) is -0.0323. The van der Waals surface area contributed by atoms with E-state index in [1.807, 2.05) is 38.1 Å². The lowest BCUT2D eigenvalue weighted by Crippen LogP contribution is -2.45. The normalized spacial score (nSPS) is 16.3. The molecular weight excluding hydrogens is 392 g/mol. The van der Waals surface area contributed by atoms with Gasteiger partial charge >= 0.3 is 5.97 Å². The zero-order valence-electron chi connectivity index (χ0n) is 18.8. The van der Waals surface area contributed by atoms with Crippen molar-refractivity contribution in [3.8, 4) is 5.75 Å². The van der Waals surface area contributed by atoms with Crippen LogP contribution in [0.3, 0.4) is 0 Å². The Hall–Kier alpha value is -2.57. The highest BCUT2D eigenvalue weighted by Crippen LogP contribution is 2.28. The number of hydrogen-bond acceptors (Lipinski definition) is 5. The van der Waals surface area contributed by atoms with Crippen LogP contribution >= 0.6 is 0 Å². The van der Waals surface area contributed by atoms with E-state index in [0.717, 1.165) is 62.4 Å². The topological polar surface area (TPSA) is 73.2 Å². The second-order valence-electron chi connectivity index (χ2n) is 8.83. The van der Waals surface area contributed by atoms with Crippen molar-refractivity contribution < 1.29 is 19.7 Å². The highest BCUT2D eigenvalue weighted by molar-refractivity contribution is 5.87. The van der Waals surface area contributed by atoms with Gasteiger partial charge in [-0.1, -0.05) is 12.1 Å². The van der Waals surface area contributed by atoms with Crippen LogP contribution < -0.4 is 9.64 Å². The zero-order chi connectivity index (χ0) is 22.4. The predicted molar refractivity (Wildman–Crippen MR) is 123 cm³/mol. The smallest absolute Gasteiger partial charge is 0.335 e. The summed E-state index contributed by atoms with van der Waals surface area (Å²) < 4.78 is 5.70. The predicted octanol–water partition coefficient (Wildman–Crippen LogP) is 4.03. The highest BCUT2D eigenvalue weighted by Gasteiger charge is 2.32. The quantitative estimate of drug-likeness (QED) is 0.631. The second kappa shape index (κ2) is 10.2. The molecule has 0 bridgehead atoms. The monoisotopic (exact) mass is 426 g/mol. The molecule has 3 rings (SSSR count). The molecule has 1 aliphatic heterocycles. The first-order valence-corrected chi connectivity index (χ1v) is 11.0. The highest BCUT2D eigenvalue weighted by atomic mass is 16.5. The van der Waals surface area contributed by atoms with Crippen LogP contribution in [0.15, 0.2) is 48.5 Å². The molecule has 6 nitrogen and oxygen atoms in total. The number of benzene rings is 2. The summed E-state index contributed by atoms with van der Waals surface area (Å²) in [7, 11) is 2.05. The number of ether oxygens (including phenoxy) is 1. The molecule has 0 saturated carbocycles. The van der Waals surface area contributed by atoms with Crippen LogP contribution in [-0.2, 0) is 6.54 Å². The Morgan fingerprint density at radius 2 is 1.71 bits per heavy atom. The summed E-state index contributed by atoms with van der Waals surface area (Å²) >= 11 is 0. The standard InChI is InChI=1S/C25H34N2O4/c1-19(2)31-23-10-8-22(9-11-23)26(3)15-12-25(30)13-16-27(17-14-25)18-20-4-6-21(7-5-20)24(28)29/h4-11,19,30H,12-18H2,1-3H3,(H,28,29). The average molecular weight is 427 g/mol. The Bertz CT molecular complexity index is 841. The summed E-state index contributed by atoms with van der Waals surface area (Å²) in [6.45, 7) is 7.27. The van der Waals surface area contributed by atoms with E-state index in [1.54, 1.807) is 12.1 Å². The number of aliphatic hydroxyl groups is 1. The van der Waals surface area contributed by atoms with Crippen molar-refractivity contribution in [3.05, 3.63) is 59.7 Å². The van der Waals surface area contributed by atoms with Gasteiger partial charge in [-0.2, -0.15) is 0 Å². The molecule has 0 aromatic heterocycles. The number of piperidine rings is 1. The second-order valence-corrected chi connectivity index (χ2v) is 8.83. The Morgan fingerprint density at radius 1 is 1.10 bits per heavy atom. The maximum absolute atomic E-state index is 11.1. The fraction of sp³-hybridized carbons (Fsp3) is 0.480. The van der Waals surface area contributed by atoms with E-state index in [9.17, 15) is 9.90 Å². The van der Waals surface area contributed by atoms with Gasteiger partial charge < -0.3 is 19.8 Å². The fourth-order valence-electron chi connectivity index (χ4n) is 3.94. The number of rotatable bonds is 9. The number of anilines is 1. The minimum atomic E-state index is -0.903. The number of hydrogen-bond donors (Lipinski definition) is 2. The number of nitrogens with zero attached hydrogens (tertiary/aromatic N) is 2. The molecule has 0 amide bonds. The largest absolute Gasteiger partial charge is 0.491 e. The molecule has 0 spiro atoms. The number of aromatic carboxylic acids is 1. The van der Waals surface area contributed by atoms with Crippen LogP contribution in [0.1, 0.15) is 49.0 Å². The van der Waals surface area contributed by atoms with Crippen molar-refractivity contribution in [2.75, 3.05) is 31.6 Å². The van der Waals surface area contributed by atoms with E-state index >= 15 is 0 Å². The number of carboxylic acids is 1. The molecule has 2 aromatic carbocycles. The molecule has 168 valence electrons. The third-order valence-corrected chi connectivity index (χ3v) is 5.96. The SMILES string of the molecule is CC(C)Oc1ccc(N(C)CCC2(O)CCN(Cc3ccc(C(=O)O)cc3)CC2)cc1. The third-order valence-electron chi connectivity index (χ3n) is 5.96. The number of carbonyl (C=O) groups is 1. The van der Waals surface area contributed by atoms with Gasteiger partial charge in [0, 0.05) is 38.9 Å². The Balaban J connectivity index is 1.45. The molecule has 2 aromatic rings. The van der Waals surface area contributed by atoms with E-state index in [0.29, 0.717) is 5.56 Å². The fourth-order valence-corrected chi connectivity index (χ4v) is 3.94. The molecule has 1 heterocycles. The molecule has 1 fully saturated rings. The van der Waals surface area contributed by atoms with Crippen LogP contribution in [-0.4, -0.2) is 59.5 Å². The molecule has 0 aliphatic carbocycles. The minimum absolute atomic E-state index is 0.160. The lowest BCUT2D eigenvalue weighted by molar-refractivity contribution is -0.0275. The maximum atomic E-state index is 11.1. The van der Waals surface area contributed by atoms with Gasteiger partial charge in [0.25, 0.3) is 0 Å². The Morgan fingerprint density at radius 3 is 2.26 bits per heavy atom. The van der Waals surface area contributed by atoms with Crippen LogP contribution in [0.4, 0.5) is 5.69 Å². The van der Waals surface area contributed by atoms with E-state index < -0.39 is 11.6 Å². The van der Waals surface area contributed by atoms with Crippen LogP contribution in [0, 0.1) is 0 Å². The van der Waals surface area contributed by atoms with Gasteiger partial charge in [0.2, 0.25) is 0 Å². The van der Waals surface area contributed by atoms with Gasteiger partial charge in [0.1, 0.15) is 5.75 Å². The summed E-state index contributed by atoms with van der Waals surface area (Å²) in [4.78, 5) is 15.5. The molecule has 1 saturated heterocycles. The first-order chi connectivity index (χ1) is 14.7. The van der Waals surface area contributed by atoms with Crippen molar-refractivity contribution in [3.63, 3.8) is 0 Å². The molecule has 0 atom stereocenters. The first kappa shape index (κ1) is 23.1. The maximum Gasteiger partial charge on any atom is 0.335 e. The van der Waals surface area contributed by atoms with Crippen molar-refractivity contribution >= 4 is 11.7 Å². The van der Waals surface area contributed by atoms with E-state index in [2.05, 4.69) is 29.0 Å². The number of likely N-dealkylation sites (tertiary alicyclic amines) is 1. The van der Waals surface area contributed by atoms with Crippen molar-refractivity contribution in [2.45, 2.75) is 51.4 Å². The van der Waals surface area contributed by atoms with Gasteiger partial charge in [-0.05, 0) is 75.1 Å². The molecule has 1 aliphatic rings. The van der Waals surface area contributed by atoms with Gasteiger partial charge in [-0.15, -0.1) is 0 Å². The van der Waals surface area contributed by atoms with E-state index in [4.69, 9.17) is 9.84 Å². The number of carboxylic acid groups (broad SMARTS) is 1. The average Bonchev–Trinajstić information content (AvgIpc) is 2.74. The van der Waals surface area contributed by atoms with Crippen LogP contribution in [0.25, 0.3) is 0 Å². The first-order valence-electron chi connectivity index (χ1n) is 11.0. The van der Waals surface area contributed by atoms with Gasteiger partial charge in [-0.3, -0.25) is 4.90 Å². The third kappa shape index (κ3) is 6.71. The van der Waals surface area contributed by atoms with Gasteiger partial charge in [0.05, 0.1) is 17.3 Å². The van der Waals surface area contributed by atoms with E-state index in [1.165, 1.54) is 0 Å². The summed E-state index contributed by atoms with van der Waals surface area (Å²) in [5.41, 5.74) is 1.88. The van der Waals surface area contributed by atoms with Crippen molar-refractivity contribution in [2.24, 2.45) is 0 Å². The summed E-state index contributed by atoms with van der Waals surface area (Å²) in [6, 6.07) is 15.1. The molecule has 2 N–H and O–H groups in total. The van der Waals surface area contributed by atoms with Crippen LogP contribution in [0.2, 0.25) is 0 Å². The summed E-state index contributed by atoms with van der Waals surface area (Å²) in [6.07, 6.45) is 2.38. The summed E-state index contributed by atoms with van der Waals surface area (Å²) in [5, 5.41) is 20.1. The van der Waals surface area contributed by atoms with Gasteiger partial charge in [0.15, 0.2) is 0 Å². The molecule has 6 heteroatoms. The zero-order valence-corrected chi connectivity index (χ0v) is 18.8. The molecule has 0 unspecified atom stereocenters. The Kier molecular flexibility index (Phi) is 7.57. The lowest BCUT2D eigenvalue weighted by Gasteiger charge is -2.39. The molecule has 31 heavy (non-hydrogen) atoms. The molecular formula is C25H34N2O4. The van der Waals surface area contributed by atoms with Crippen molar-refractivity contribution in [1.29, 1.82) is 0 Å². The molecule has 0 radical (unpaired) electrons. The van der Waals surface area contributed by atoms with Crippen molar-refractivity contribution in [1.82, 2.24) is 4.90 Å². The lowest BCUT2D eigenvalue weighted by atomic mass is 9.88. The van der Waals surface area contributed by atoms with Gasteiger partial charge in [-0.25, -0.2) is 4.79 Å².